The first-order valence-electron chi connectivity index (χ1n) is 3.97. The van der Waals surface area contributed by atoms with E-state index < -0.39 is 17.3 Å². The van der Waals surface area contributed by atoms with Crippen molar-refractivity contribution >= 4 is 17.7 Å². The Morgan fingerprint density at radius 1 is 1.47 bits per heavy atom. The number of hydrogen-bond acceptors (Lipinski definition) is 1. The van der Waals surface area contributed by atoms with Crippen LogP contribution >= 0.6 is 11.6 Å². The van der Waals surface area contributed by atoms with Crippen molar-refractivity contribution in [2.24, 2.45) is 0 Å². The molecule has 0 radical (unpaired) electrons. The number of pyridine rings is 1. The van der Waals surface area contributed by atoms with Crippen LogP contribution in [0.15, 0.2) is 23.1 Å². The van der Waals surface area contributed by atoms with Crippen LogP contribution in [-0.4, -0.2) is 10.9 Å². The van der Waals surface area contributed by atoms with Gasteiger partial charge in [-0.2, -0.15) is 13.2 Å². The highest BCUT2D eigenvalue weighted by molar-refractivity contribution is 6.19. The van der Waals surface area contributed by atoms with Crippen LogP contribution < -0.4 is 5.56 Å². The Morgan fingerprint density at radius 2 is 2.13 bits per heavy atom. The van der Waals surface area contributed by atoms with Gasteiger partial charge in [-0.05, 0) is 6.07 Å². The van der Waals surface area contributed by atoms with Crippen molar-refractivity contribution in [3.8, 4) is 0 Å². The molecule has 1 heterocycles. The largest absolute Gasteiger partial charge is 0.417 e. The van der Waals surface area contributed by atoms with Crippen LogP contribution in [0.4, 0.5) is 13.2 Å². The van der Waals surface area contributed by atoms with Crippen molar-refractivity contribution in [2.45, 2.75) is 6.18 Å². The molecule has 0 aromatic carbocycles. The molecule has 15 heavy (non-hydrogen) atoms. The van der Waals surface area contributed by atoms with Crippen molar-refractivity contribution in [3.63, 3.8) is 0 Å². The SMILES string of the molecule is O=c1[nH]cc(C(F)(F)F)cc1C=CCCl. The molecule has 0 aliphatic heterocycles. The number of alkyl halides is 4. The maximum Gasteiger partial charge on any atom is 0.417 e. The van der Waals surface area contributed by atoms with Crippen LogP contribution in [0.1, 0.15) is 11.1 Å². The summed E-state index contributed by atoms with van der Waals surface area (Å²) in [5.41, 5.74) is -1.54. The summed E-state index contributed by atoms with van der Waals surface area (Å²) in [6.45, 7) is 0. The minimum Gasteiger partial charge on any atom is -0.328 e. The van der Waals surface area contributed by atoms with Gasteiger partial charge < -0.3 is 4.98 Å². The molecule has 0 fully saturated rings. The summed E-state index contributed by atoms with van der Waals surface area (Å²) in [4.78, 5) is 13.1. The second kappa shape index (κ2) is 4.53. The van der Waals surface area contributed by atoms with E-state index >= 15 is 0 Å². The van der Waals surface area contributed by atoms with Crippen LogP contribution in [0, 0.1) is 0 Å². The number of H-pyrrole nitrogens is 1. The van der Waals surface area contributed by atoms with Gasteiger partial charge in [-0.25, -0.2) is 0 Å². The molecule has 1 rings (SSSR count). The highest BCUT2D eigenvalue weighted by Gasteiger charge is 2.31. The topological polar surface area (TPSA) is 32.9 Å². The first kappa shape index (κ1) is 11.8. The summed E-state index contributed by atoms with van der Waals surface area (Å²) in [7, 11) is 0. The van der Waals surface area contributed by atoms with E-state index in [0.29, 0.717) is 6.20 Å². The third kappa shape index (κ3) is 3.13. The fourth-order valence-corrected chi connectivity index (χ4v) is 1.05. The molecule has 6 heteroatoms. The van der Waals surface area contributed by atoms with Gasteiger partial charge in [0.05, 0.1) is 5.56 Å². The monoisotopic (exact) mass is 237 g/mol. The molecular weight excluding hydrogens is 231 g/mol. The van der Waals surface area contributed by atoms with Crippen LogP contribution in [0.25, 0.3) is 6.08 Å². The number of allylic oxidation sites excluding steroid dienone is 1. The minimum absolute atomic E-state index is 0.0644. The lowest BCUT2D eigenvalue weighted by Gasteiger charge is -2.05. The summed E-state index contributed by atoms with van der Waals surface area (Å²) < 4.78 is 36.7. The van der Waals surface area contributed by atoms with E-state index in [1.54, 1.807) is 0 Å². The molecule has 0 saturated carbocycles. The number of aromatic amines is 1. The predicted octanol–water partition coefficient (Wildman–Crippen LogP) is 2.65. The number of halogens is 4. The third-order valence-electron chi connectivity index (χ3n) is 1.65. The molecule has 0 spiro atoms. The molecule has 0 atom stereocenters. The molecule has 0 bridgehead atoms. The lowest BCUT2D eigenvalue weighted by molar-refractivity contribution is -0.137. The van der Waals surface area contributed by atoms with Crippen molar-refractivity contribution in [2.75, 3.05) is 5.88 Å². The molecule has 2 nitrogen and oxygen atoms in total. The second-order valence-corrected chi connectivity index (χ2v) is 3.04. The van der Waals surface area contributed by atoms with E-state index in [0.717, 1.165) is 6.07 Å². The van der Waals surface area contributed by atoms with Gasteiger partial charge in [0.2, 0.25) is 0 Å². The van der Waals surface area contributed by atoms with Crippen molar-refractivity contribution in [1.82, 2.24) is 4.98 Å². The molecule has 0 saturated heterocycles. The highest BCUT2D eigenvalue weighted by atomic mass is 35.5. The predicted molar refractivity (Wildman–Crippen MR) is 51.8 cm³/mol. The molecule has 1 N–H and O–H groups in total. The molecule has 0 aliphatic rings. The first-order chi connectivity index (χ1) is 6.95. The van der Waals surface area contributed by atoms with Gasteiger partial charge in [-0.1, -0.05) is 12.2 Å². The molecule has 82 valence electrons. The van der Waals surface area contributed by atoms with Crippen molar-refractivity contribution in [3.05, 3.63) is 39.8 Å². The normalized spacial score (nSPS) is 12.3. The Hall–Kier alpha value is -1.23. The molecular formula is C9H7ClF3NO. The zero-order chi connectivity index (χ0) is 11.5. The molecule has 0 amide bonds. The van der Waals surface area contributed by atoms with Gasteiger partial charge in [0.25, 0.3) is 5.56 Å². The van der Waals surface area contributed by atoms with Gasteiger partial charge >= 0.3 is 6.18 Å². The summed E-state index contributed by atoms with van der Waals surface area (Å²) in [6.07, 6.45) is -1.18. The lowest BCUT2D eigenvalue weighted by Crippen LogP contribution is -2.14. The lowest BCUT2D eigenvalue weighted by atomic mass is 10.2. The Kier molecular flexibility index (Phi) is 3.57. The van der Waals surface area contributed by atoms with Gasteiger partial charge in [0.1, 0.15) is 0 Å². The summed E-state index contributed by atoms with van der Waals surface area (Å²) in [5.74, 6) is 0.135. The fourth-order valence-electron chi connectivity index (χ4n) is 0.960. The maximum atomic E-state index is 12.2. The van der Waals surface area contributed by atoms with E-state index in [9.17, 15) is 18.0 Å². The average Bonchev–Trinajstić information content (AvgIpc) is 2.15. The molecule has 0 aliphatic carbocycles. The number of aromatic nitrogens is 1. The molecule has 0 unspecified atom stereocenters. The van der Waals surface area contributed by atoms with E-state index in [1.165, 1.54) is 12.2 Å². The first-order valence-corrected chi connectivity index (χ1v) is 4.51. The maximum absolute atomic E-state index is 12.2. The second-order valence-electron chi connectivity index (χ2n) is 2.73. The van der Waals surface area contributed by atoms with Gasteiger partial charge in [-0.3, -0.25) is 4.79 Å². The van der Waals surface area contributed by atoms with Crippen LogP contribution in [-0.2, 0) is 6.18 Å². The smallest absolute Gasteiger partial charge is 0.328 e. The number of nitrogens with one attached hydrogen (secondary N) is 1. The Balaban J connectivity index is 3.17. The van der Waals surface area contributed by atoms with Crippen LogP contribution in [0.2, 0.25) is 0 Å². The molecule has 1 aromatic heterocycles. The zero-order valence-corrected chi connectivity index (χ0v) is 8.19. The standard InChI is InChI=1S/C9H7ClF3NO/c10-3-1-2-6-4-7(9(11,12)13)5-14-8(6)15/h1-2,4-5H,3H2,(H,14,15). The average molecular weight is 238 g/mol. The third-order valence-corrected chi connectivity index (χ3v) is 1.82. The fraction of sp³-hybridized carbons (Fsp3) is 0.222. The van der Waals surface area contributed by atoms with E-state index in [4.69, 9.17) is 11.6 Å². The zero-order valence-electron chi connectivity index (χ0n) is 7.44. The van der Waals surface area contributed by atoms with Gasteiger partial charge in [0, 0.05) is 17.6 Å². The Labute approximate surface area is 88.4 Å². The summed E-state index contributed by atoms with van der Waals surface area (Å²) >= 11 is 5.31. The van der Waals surface area contributed by atoms with Crippen LogP contribution in [0.3, 0.4) is 0 Å². The van der Waals surface area contributed by atoms with E-state index in [2.05, 4.69) is 0 Å². The summed E-state index contributed by atoms with van der Waals surface area (Å²) in [5, 5.41) is 0. The Bertz CT molecular complexity index is 422. The quantitative estimate of drug-likeness (QED) is 0.788. The van der Waals surface area contributed by atoms with Gasteiger partial charge in [-0.15, -0.1) is 11.6 Å². The van der Waals surface area contributed by atoms with Crippen LogP contribution in [0.5, 0.6) is 0 Å². The minimum atomic E-state index is -4.46. The van der Waals surface area contributed by atoms with Crippen molar-refractivity contribution < 1.29 is 13.2 Å². The van der Waals surface area contributed by atoms with Crippen molar-refractivity contribution in [1.29, 1.82) is 0 Å². The van der Waals surface area contributed by atoms with E-state index in [1.807, 2.05) is 4.98 Å². The highest BCUT2D eigenvalue weighted by Crippen LogP contribution is 2.28. The number of hydrogen-bond donors (Lipinski definition) is 1. The Morgan fingerprint density at radius 3 is 2.67 bits per heavy atom. The van der Waals surface area contributed by atoms with Gasteiger partial charge in [0.15, 0.2) is 0 Å². The number of rotatable bonds is 2. The van der Waals surface area contributed by atoms with E-state index in [-0.39, 0.29) is 11.4 Å². The summed E-state index contributed by atoms with van der Waals surface area (Å²) in [6, 6.07) is 0.780. The molecule has 1 aromatic rings.